The van der Waals surface area contributed by atoms with Gasteiger partial charge in [-0.25, -0.2) is 19.0 Å². The minimum absolute atomic E-state index is 0.236. The lowest BCUT2D eigenvalue weighted by Crippen LogP contribution is -2.19. The van der Waals surface area contributed by atoms with E-state index in [1.54, 1.807) is 6.33 Å². The molecule has 1 aliphatic heterocycles. The third kappa shape index (κ3) is 4.43. The minimum Gasteiger partial charge on any atom is -0.299 e. The zero-order valence-corrected chi connectivity index (χ0v) is 19.3. The van der Waals surface area contributed by atoms with Gasteiger partial charge in [-0.15, -0.1) is 0 Å². The fourth-order valence-electron chi connectivity index (χ4n) is 4.70. The van der Waals surface area contributed by atoms with Crippen LogP contribution < -0.4 is 0 Å². The Kier molecular flexibility index (Phi) is 5.76. The molecule has 4 heterocycles. The fraction of sp³-hybridized carbons (Fsp3) is 0.360. The fourth-order valence-corrected chi connectivity index (χ4v) is 4.70. The Morgan fingerprint density at radius 1 is 0.970 bits per heavy atom. The summed E-state index contributed by atoms with van der Waals surface area (Å²) < 4.78 is 17.3. The maximum Gasteiger partial charge on any atom is 0.157 e. The van der Waals surface area contributed by atoms with E-state index in [0.717, 1.165) is 59.5 Å². The van der Waals surface area contributed by atoms with Crippen molar-refractivity contribution in [3.8, 4) is 17.1 Å². The summed E-state index contributed by atoms with van der Waals surface area (Å²) in [6, 6.07) is 10.7. The summed E-state index contributed by atoms with van der Waals surface area (Å²) in [5.41, 5.74) is 7.04. The number of aromatic nitrogens is 6. The minimum atomic E-state index is -0.236. The summed E-state index contributed by atoms with van der Waals surface area (Å²) in [5.74, 6) is 0.515. The molecule has 33 heavy (non-hydrogen) atoms. The predicted molar refractivity (Wildman–Crippen MR) is 125 cm³/mol. The Labute approximate surface area is 192 Å². The van der Waals surface area contributed by atoms with Gasteiger partial charge in [-0.1, -0.05) is 0 Å². The first-order valence-corrected chi connectivity index (χ1v) is 11.4. The van der Waals surface area contributed by atoms with Crippen molar-refractivity contribution in [2.24, 2.45) is 7.05 Å². The lowest BCUT2D eigenvalue weighted by atomic mass is 10.0. The van der Waals surface area contributed by atoms with Crippen LogP contribution in [0.2, 0.25) is 0 Å². The lowest BCUT2D eigenvalue weighted by molar-refractivity contribution is 0.331. The zero-order valence-electron chi connectivity index (χ0n) is 19.3. The third-order valence-corrected chi connectivity index (χ3v) is 6.21. The highest BCUT2D eigenvalue weighted by Crippen LogP contribution is 2.30. The van der Waals surface area contributed by atoms with Crippen molar-refractivity contribution in [1.29, 1.82) is 0 Å². The average Bonchev–Trinajstić information content (AvgIpc) is 3.50. The summed E-state index contributed by atoms with van der Waals surface area (Å²) in [4.78, 5) is 11.4. The SMILES string of the molecule is Cc1cc(C)n(-c2cc(Cc3nn(C)c(-c4ccc(F)cc4)c3CN3CCCC3)ncn2)n1. The van der Waals surface area contributed by atoms with Gasteiger partial charge < -0.3 is 0 Å². The number of aryl methyl sites for hydroxylation is 3. The molecular formula is C25H28FN7. The van der Waals surface area contributed by atoms with Gasteiger partial charge in [0.2, 0.25) is 0 Å². The molecule has 0 N–H and O–H groups in total. The lowest BCUT2D eigenvalue weighted by Gasteiger charge is -2.16. The maximum atomic E-state index is 13.6. The molecule has 0 atom stereocenters. The van der Waals surface area contributed by atoms with Crippen LogP contribution >= 0.6 is 0 Å². The van der Waals surface area contributed by atoms with E-state index in [-0.39, 0.29) is 5.82 Å². The van der Waals surface area contributed by atoms with Crippen molar-refractivity contribution in [1.82, 2.24) is 34.4 Å². The van der Waals surface area contributed by atoms with Crippen molar-refractivity contribution in [2.75, 3.05) is 13.1 Å². The molecular weight excluding hydrogens is 417 g/mol. The Balaban J connectivity index is 1.52. The summed E-state index contributed by atoms with van der Waals surface area (Å²) in [6.07, 6.45) is 4.62. The van der Waals surface area contributed by atoms with Gasteiger partial charge in [-0.2, -0.15) is 10.2 Å². The van der Waals surface area contributed by atoms with Crippen LogP contribution in [0.4, 0.5) is 4.39 Å². The van der Waals surface area contributed by atoms with Gasteiger partial charge in [0.1, 0.15) is 12.1 Å². The molecule has 3 aromatic heterocycles. The van der Waals surface area contributed by atoms with Gasteiger partial charge in [-0.05, 0) is 70.1 Å². The van der Waals surface area contributed by atoms with Gasteiger partial charge in [0.15, 0.2) is 5.82 Å². The molecule has 0 unspecified atom stereocenters. The zero-order chi connectivity index (χ0) is 22.9. The first-order chi connectivity index (χ1) is 16.0. The van der Waals surface area contributed by atoms with Crippen LogP contribution in [0, 0.1) is 19.7 Å². The number of halogens is 1. The van der Waals surface area contributed by atoms with E-state index in [9.17, 15) is 4.39 Å². The van der Waals surface area contributed by atoms with Crippen molar-refractivity contribution in [3.05, 3.63) is 76.9 Å². The average molecular weight is 446 g/mol. The molecule has 0 aliphatic carbocycles. The van der Waals surface area contributed by atoms with Crippen LogP contribution in [-0.4, -0.2) is 47.5 Å². The van der Waals surface area contributed by atoms with Crippen LogP contribution in [0.3, 0.4) is 0 Å². The second-order valence-electron chi connectivity index (χ2n) is 8.77. The molecule has 1 saturated heterocycles. The number of rotatable bonds is 6. The van der Waals surface area contributed by atoms with Crippen LogP contribution in [0.25, 0.3) is 17.1 Å². The Hall–Kier alpha value is -3.39. The van der Waals surface area contributed by atoms with Crippen LogP contribution in [0.5, 0.6) is 0 Å². The molecule has 0 amide bonds. The molecule has 170 valence electrons. The molecule has 0 radical (unpaired) electrons. The summed E-state index contributed by atoms with van der Waals surface area (Å²) in [7, 11) is 1.96. The highest BCUT2D eigenvalue weighted by molar-refractivity contribution is 5.65. The molecule has 5 rings (SSSR count). The van der Waals surface area contributed by atoms with Crippen molar-refractivity contribution < 1.29 is 4.39 Å². The molecule has 8 heteroatoms. The van der Waals surface area contributed by atoms with Gasteiger partial charge in [0.05, 0.1) is 22.8 Å². The van der Waals surface area contributed by atoms with Crippen LogP contribution in [0.15, 0.2) is 42.7 Å². The quantitative estimate of drug-likeness (QED) is 0.449. The van der Waals surface area contributed by atoms with E-state index in [1.807, 2.05) is 54.5 Å². The molecule has 0 spiro atoms. The monoisotopic (exact) mass is 445 g/mol. The Morgan fingerprint density at radius 2 is 1.73 bits per heavy atom. The van der Waals surface area contributed by atoms with Gasteiger partial charge in [-0.3, -0.25) is 9.58 Å². The van der Waals surface area contributed by atoms with Gasteiger partial charge >= 0.3 is 0 Å². The molecule has 0 bridgehead atoms. The summed E-state index contributed by atoms with van der Waals surface area (Å²) in [6.45, 7) is 7.00. The van der Waals surface area contributed by atoms with E-state index in [0.29, 0.717) is 6.42 Å². The van der Waals surface area contributed by atoms with E-state index in [2.05, 4.69) is 20.0 Å². The molecule has 1 aromatic carbocycles. The van der Waals surface area contributed by atoms with Crippen LogP contribution in [0.1, 0.15) is 41.2 Å². The molecule has 0 saturated carbocycles. The normalized spacial score (nSPS) is 14.3. The Morgan fingerprint density at radius 3 is 2.42 bits per heavy atom. The first kappa shape index (κ1) is 21.5. The largest absolute Gasteiger partial charge is 0.299 e. The number of benzene rings is 1. The number of likely N-dealkylation sites (tertiary alicyclic amines) is 1. The molecule has 1 fully saturated rings. The highest BCUT2D eigenvalue weighted by atomic mass is 19.1. The summed E-state index contributed by atoms with van der Waals surface area (Å²) >= 11 is 0. The third-order valence-electron chi connectivity index (χ3n) is 6.21. The Bertz CT molecular complexity index is 1270. The number of hydrogen-bond acceptors (Lipinski definition) is 5. The maximum absolute atomic E-state index is 13.6. The highest BCUT2D eigenvalue weighted by Gasteiger charge is 2.22. The van der Waals surface area contributed by atoms with Crippen LogP contribution in [-0.2, 0) is 20.0 Å². The van der Waals surface area contributed by atoms with E-state index in [1.165, 1.54) is 30.5 Å². The van der Waals surface area contributed by atoms with Gasteiger partial charge in [0, 0.05) is 42.9 Å². The van der Waals surface area contributed by atoms with Crippen molar-refractivity contribution in [2.45, 2.75) is 39.7 Å². The van der Waals surface area contributed by atoms with E-state index in [4.69, 9.17) is 5.10 Å². The predicted octanol–water partition coefficient (Wildman–Crippen LogP) is 4.01. The number of hydrogen-bond donors (Lipinski definition) is 0. The molecule has 1 aliphatic rings. The van der Waals surface area contributed by atoms with E-state index < -0.39 is 0 Å². The summed E-state index contributed by atoms with van der Waals surface area (Å²) in [5, 5.41) is 9.43. The van der Waals surface area contributed by atoms with Crippen molar-refractivity contribution in [3.63, 3.8) is 0 Å². The second-order valence-corrected chi connectivity index (χ2v) is 8.77. The first-order valence-electron chi connectivity index (χ1n) is 11.4. The standard InChI is InChI=1S/C25H28FN7/c1-17-12-18(2)33(29-17)24-14-21(27-16-28-24)13-23-22(15-32-10-4-5-11-32)25(31(3)30-23)19-6-8-20(26)9-7-19/h6-9,12,14,16H,4-5,10-11,13,15H2,1-3H3. The molecule has 7 nitrogen and oxygen atoms in total. The number of nitrogens with zero attached hydrogens (tertiary/aromatic N) is 7. The van der Waals surface area contributed by atoms with Crippen molar-refractivity contribution >= 4 is 0 Å². The van der Waals surface area contributed by atoms with E-state index >= 15 is 0 Å². The van der Waals surface area contributed by atoms with Gasteiger partial charge in [0.25, 0.3) is 0 Å². The smallest absolute Gasteiger partial charge is 0.157 e. The second kappa shape index (κ2) is 8.86. The topological polar surface area (TPSA) is 64.7 Å². The molecule has 4 aromatic rings.